The molecule has 1 saturated heterocycles. The minimum absolute atomic E-state index is 0.0606. The number of rotatable bonds is 2. The molecule has 0 radical (unpaired) electrons. The lowest BCUT2D eigenvalue weighted by molar-refractivity contribution is -0.146. The maximum Gasteiger partial charge on any atom is 0.312 e. The first-order valence-electron chi connectivity index (χ1n) is 5.19. The van der Waals surface area contributed by atoms with Gasteiger partial charge in [0.1, 0.15) is 0 Å². The normalized spacial score (nSPS) is 16.3. The number of nitrogens with zero attached hydrogens (tertiary/aromatic N) is 1. The first-order valence-corrected chi connectivity index (χ1v) is 5.19. The van der Waals surface area contributed by atoms with Crippen molar-refractivity contribution in [3.63, 3.8) is 0 Å². The number of carbonyl (C=O) groups is 3. The maximum absolute atomic E-state index is 11.6. The molecule has 1 heterocycles. The van der Waals surface area contributed by atoms with Crippen LogP contribution in [0.15, 0.2) is 0 Å². The van der Waals surface area contributed by atoms with Gasteiger partial charge in [-0.15, -0.1) is 0 Å². The summed E-state index contributed by atoms with van der Waals surface area (Å²) < 4.78 is 0. The molecular weight excluding hydrogens is 212 g/mol. The fourth-order valence-corrected chi connectivity index (χ4v) is 1.38. The standard InChI is InChI=1S/C9H16N4O3/c10-2-4-12-8(15)9(16)13-5-1-3-11-7(14)6-13/h1-6,10H2,(H,11,14)(H,12,15). The van der Waals surface area contributed by atoms with Crippen molar-refractivity contribution >= 4 is 17.7 Å². The Balaban J connectivity index is 2.50. The summed E-state index contributed by atoms with van der Waals surface area (Å²) >= 11 is 0. The molecule has 7 heteroatoms. The Kier molecular flexibility index (Phi) is 4.71. The van der Waals surface area contributed by atoms with Crippen LogP contribution in [-0.4, -0.2) is 55.3 Å². The summed E-state index contributed by atoms with van der Waals surface area (Å²) in [6, 6.07) is 0. The smallest absolute Gasteiger partial charge is 0.312 e. The largest absolute Gasteiger partial charge is 0.354 e. The second kappa shape index (κ2) is 6.06. The van der Waals surface area contributed by atoms with Crippen LogP contribution in [0.2, 0.25) is 0 Å². The number of amides is 3. The molecule has 0 bridgehead atoms. The highest BCUT2D eigenvalue weighted by atomic mass is 16.2. The third kappa shape index (κ3) is 3.50. The number of carbonyl (C=O) groups excluding carboxylic acids is 3. The van der Waals surface area contributed by atoms with Crippen LogP contribution in [-0.2, 0) is 14.4 Å². The summed E-state index contributed by atoms with van der Waals surface area (Å²) in [5.74, 6) is -1.62. The van der Waals surface area contributed by atoms with Gasteiger partial charge in [0.25, 0.3) is 0 Å². The van der Waals surface area contributed by atoms with Crippen LogP contribution in [0.4, 0.5) is 0 Å². The van der Waals surface area contributed by atoms with Crippen LogP contribution in [0.25, 0.3) is 0 Å². The zero-order chi connectivity index (χ0) is 12.0. The van der Waals surface area contributed by atoms with E-state index in [1.54, 1.807) is 0 Å². The molecule has 16 heavy (non-hydrogen) atoms. The van der Waals surface area contributed by atoms with Crippen molar-refractivity contribution in [2.75, 3.05) is 32.7 Å². The monoisotopic (exact) mass is 228 g/mol. The van der Waals surface area contributed by atoms with Crippen LogP contribution in [0.3, 0.4) is 0 Å². The van der Waals surface area contributed by atoms with E-state index in [0.717, 1.165) is 0 Å². The predicted octanol–water partition coefficient (Wildman–Crippen LogP) is -2.59. The molecule has 0 atom stereocenters. The Morgan fingerprint density at radius 1 is 1.50 bits per heavy atom. The lowest BCUT2D eigenvalue weighted by Crippen LogP contribution is -2.46. The molecule has 0 aliphatic carbocycles. The van der Waals surface area contributed by atoms with Crippen LogP contribution >= 0.6 is 0 Å². The summed E-state index contributed by atoms with van der Waals surface area (Å²) in [6.45, 7) is 1.42. The van der Waals surface area contributed by atoms with Gasteiger partial charge < -0.3 is 21.3 Å². The molecule has 0 saturated carbocycles. The molecule has 4 N–H and O–H groups in total. The van der Waals surface area contributed by atoms with Crippen molar-refractivity contribution in [1.29, 1.82) is 0 Å². The van der Waals surface area contributed by atoms with Crippen molar-refractivity contribution in [2.45, 2.75) is 6.42 Å². The SMILES string of the molecule is NCCNC(=O)C(=O)N1CCCNC(=O)C1. The first kappa shape index (κ1) is 12.4. The molecule has 0 aromatic carbocycles. The molecule has 0 aromatic rings. The lowest BCUT2D eigenvalue weighted by Gasteiger charge is -2.17. The highest BCUT2D eigenvalue weighted by Crippen LogP contribution is 1.97. The van der Waals surface area contributed by atoms with Crippen molar-refractivity contribution < 1.29 is 14.4 Å². The lowest BCUT2D eigenvalue weighted by atomic mass is 10.3. The van der Waals surface area contributed by atoms with Gasteiger partial charge in [0, 0.05) is 26.2 Å². The van der Waals surface area contributed by atoms with Gasteiger partial charge in [0.05, 0.1) is 6.54 Å². The fraction of sp³-hybridized carbons (Fsp3) is 0.667. The Hall–Kier alpha value is -1.63. The van der Waals surface area contributed by atoms with Crippen molar-refractivity contribution in [2.24, 2.45) is 5.73 Å². The Labute approximate surface area is 93.3 Å². The summed E-state index contributed by atoms with van der Waals surface area (Å²) in [4.78, 5) is 35.3. The molecule has 0 aromatic heterocycles. The number of nitrogens with two attached hydrogens (primary N) is 1. The van der Waals surface area contributed by atoms with Gasteiger partial charge in [-0.1, -0.05) is 0 Å². The second-order valence-corrected chi connectivity index (χ2v) is 3.47. The zero-order valence-electron chi connectivity index (χ0n) is 8.99. The molecule has 1 aliphatic heterocycles. The highest BCUT2D eigenvalue weighted by molar-refractivity contribution is 6.35. The van der Waals surface area contributed by atoms with Gasteiger partial charge in [-0.2, -0.15) is 0 Å². The first-order chi connectivity index (χ1) is 7.65. The van der Waals surface area contributed by atoms with Crippen molar-refractivity contribution in [3.05, 3.63) is 0 Å². The average Bonchev–Trinajstić information content (AvgIpc) is 2.49. The van der Waals surface area contributed by atoms with Crippen LogP contribution in [0.5, 0.6) is 0 Å². The van der Waals surface area contributed by atoms with E-state index < -0.39 is 11.8 Å². The van der Waals surface area contributed by atoms with E-state index in [1.807, 2.05) is 0 Å². The number of hydrogen-bond acceptors (Lipinski definition) is 4. The van der Waals surface area contributed by atoms with E-state index in [4.69, 9.17) is 5.73 Å². The molecule has 1 rings (SSSR count). The predicted molar refractivity (Wildman–Crippen MR) is 56.3 cm³/mol. The third-order valence-corrected chi connectivity index (χ3v) is 2.17. The number of hydrogen-bond donors (Lipinski definition) is 3. The zero-order valence-corrected chi connectivity index (χ0v) is 8.99. The quantitative estimate of drug-likeness (QED) is 0.451. The average molecular weight is 228 g/mol. The summed E-state index contributed by atoms with van der Waals surface area (Å²) in [7, 11) is 0. The summed E-state index contributed by atoms with van der Waals surface area (Å²) in [6.07, 6.45) is 0.654. The topological polar surface area (TPSA) is 105 Å². The molecule has 90 valence electrons. The Bertz CT molecular complexity index is 292. The minimum atomic E-state index is -0.708. The van der Waals surface area contributed by atoms with Gasteiger partial charge in [-0.05, 0) is 6.42 Å². The molecule has 0 spiro atoms. The van der Waals surface area contributed by atoms with Crippen LogP contribution in [0.1, 0.15) is 6.42 Å². The highest BCUT2D eigenvalue weighted by Gasteiger charge is 2.24. The van der Waals surface area contributed by atoms with E-state index in [1.165, 1.54) is 4.90 Å². The maximum atomic E-state index is 11.6. The molecule has 7 nitrogen and oxygen atoms in total. The third-order valence-electron chi connectivity index (χ3n) is 2.17. The van der Waals surface area contributed by atoms with Crippen LogP contribution in [0, 0.1) is 0 Å². The van der Waals surface area contributed by atoms with Crippen LogP contribution < -0.4 is 16.4 Å². The van der Waals surface area contributed by atoms with E-state index in [9.17, 15) is 14.4 Å². The van der Waals surface area contributed by atoms with Gasteiger partial charge in [-0.3, -0.25) is 14.4 Å². The molecule has 0 unspecified atom stereocenters. The van der Waals surface area contributed by atoms with Gasteiger partial charge in [0.2, 0.25) is 5.91 Å². The summed E-state index contributed by atoms with van der Waals surface area (Å²) in [5, 5.41) is 5.00. The molecule has 1 fully saturated rings. The van der Waals surface area contributed by atoms with E-state index >= 15 is 0 Å². The van der Waals surface area contributed by atoms with Gasteiger partial charge >= 0.3 is 11.8 Å². The Morgan fingerprint density at radius 2 is 2.25 bits per heavy atom. The fourth-order valence-electron chi connectivity index (χ4n) is 1.38. The van der Waals surface area contributed by atoms with Gasteiger partial charge in [-0.25, -0.2) is 0 Å². The summed E-state index contributed by atoms with van der Waals surface area (Å²) in [5.41, 5.74) is 5.20. The van der Waals surface area contributed by atoms with E-state index in [0.29, 0.717) is 19.5 Å². The minimum Gasteiger partial charge on any atom is -0.354 e. The van der Waals surface area contributed by atoms with Gasteiger partial charge in [0.15, 0.2) is 0 Å². The van der Waals surface area contributed by atoms with Crippen molar-refractivity contribution in [1.82, 2.24) is 15.5 Å². The molecule has 1 aliphatic rings. The van der Waals surface area contributed by atoms with E-state index in [-0.39, 0.29) is 25.5 Å². The Morgan fingerprint density at radius 3 is 2.94 bits per heavy atom. The number of nitrogens with one attached hydrogen (secondary N) is 2. The molecular formula is C9H16N4O3. The molecule has 3 amide bonds. The second-order valence-electron chi connectivity index (χ2n) is 3.47. The van der Waals surface area contributed by atoms with Crippen molar-refractivity contribution in [3.8, 4) is 0 Å². The van der Waals surface area contributed by atoms with E-state index in [2.05, 4.69) is 10.6 Å².